The molecule has 170 valence electrons. The van der Waals surface area contributed by atoms with E-state index in [4.69, 9.17) is 0 Å². The van der Waals surface area contributed by atoms with Gasteiger partial charge in [-0.05, 0) is 37.8 Å². The Hall–Kier alpha value is -1.16. The summed E-state index contributed by atoms with van der Waals surface area (Å²) in [5, 5.41) is 6.94. The van der Waals surface area contributed by atoms with Crippen LogP contribution in [-0.2, 0) is 0 Å². The third-order valence-corrected chi connectivity index (χ3v) is 6.18. The average molecular weight is 530 g/mol. The van der Waals surface area contributed by atoms with Crippen molar-refractivity contribution in [2.24, 2.45) is 10.9 Å². The topological polar surface area (TPSA) is 68.7 Å². The van der Waals surface area contributed by atoms with E-state index in [0.29, 0.717) is 0 Å². The second-order valence-corrected chi connectivity index (χ2v) is 8.30. The summed E-state index contributed by atoms with van der Waals surface area (Å²) >= 11 is 0. The van der Waals surface area contributed by atoms with Crippen molar-refractivity contribution in [3.05, 3.63) is 18.5 Å². The lowest BCUT2D eigenvalue weighted by Crippen LogP contribution is -2.47. The van der Waals surface area contributed by atoms with Gasteiger partial charge in [-0.1, -0.05) is 32.1 Å². The number of guanidine groups is 1. The first-order valence-corrected chi connectivity index (χ1v) is 11.5. The van der Waals surface area contributed by atoms with Gasteiger partial charge in [-0.2, -0.15) is 0 Å². The first-order chi connectivity index (χ1) is 14.3. The van der Waals surface area contributed by atoms with E-state index in [1.54, 1.807) is 0 Å². The fourth-order valence-corrected chi connectivity index (χ4v) is 4.43. The van der Waals surface area contributed by atoms with Gasteiger partial charge in [0.05, 0.1) is 0 Å². The minimum absolute atomic E-state index is 0. The van der Waals surface area contributed by atoms with E-state index in [-0.39, 0.29) is 24.0 Å². The van der Waals surface area contributed by atoms with E-state index in [1.165, 1.54) is 44.9 Å². The number of nitrogens with zero attached hydrogens (tertiary/aromatic N) is 5. The highest BCUT2D eigenvalue weighted by molar-refractivity contribution is 14.0. The number of nitrogens with one attached hydrogen (secondary N) is 2. The van der Waals surface area contributed by atoms with Gasteiger partial charge in [-0.15, -0.1) is 24.0 Å². The van der Waals surface area contributed by atoms with Crippen LogP contribution in [0.3, 0.4) is 0 Å². The summed E-state index contributed by atoms with van der Waals surface area (Å²) in [6.45, 7) is 7.27. The minimum Gasteiger partial charge on any atom is -0.356 e. The number of halogens is 1. The standard InChI is InChI=1S/C22H39N7.HI/c1-23-21(24-11-5-10-20-8-3-2-4-9-20)25-14-7-15-28-16-18-29(19-17-28)22-26-12-6-13-27-22;/h6,12-13,20H,2-5,7-11,14-19H2,1H3,(H2,23,24,25);1H. The maximum Gasteiger partial charge on any atom is 0.225 e. The van der Waals surface area contributed by atoms with E-state index in [2.05, 4.69) is 35.4 Å². The van der Waals surface area contributed by atoms with Crippen LogP contribution < -0.4 is 15.5 Å². The number of aliphatic imine (C=N–C) groups is 1. The maximum absolute atomic E-state index is 4.36. The molecule has 2 heterocycles. The molecule has 0 radical (unpaired) electrons. The first-order valence-electron chi connectivity index (χ1n) is 11.5. The summed E-state index contributed by atoms with van der Waals surface area (Å²) in [5.41, 5.74) is 0. The molecule has 1 aromatic rings. The predicted octanol–water partition coefficient (Wildman–Crippen LogP) is 3.13. The van der Waals surface area contributed by atoms with Crippen molar-refractivity contribution in [1.29, 1.82) is 0 Å². The number of hydrogen-bond acceptors (Lipinski definition) is 5. The zero-order chi connectivity index (χ0) is 20.2. The molecule has 0 amide bonds. The zero-order valence-corrected chi connectivity index (χ0v) is 20.9. The molecule has 1 saturated heterocycles. The quantitative estimate of drug-likeness (QED) is 0.222. The molecule has 30 heavy (non-hydrogen) atoms. The van der Waals surface area contributed by atoms with Crippen LogP contribution in [0.15, 0.2) is 23.5 Å². The molecule has 1 aliphatic carbocycles. The van der Waals surface area contributed by atoms with E-state index >= 15 is 0 Å². The van der Waals surface area contributed by atoms with E-state index in [9.17, 15) is 0 Å². The number of rotatable bonds is 9. The number of hydrogen-bond donors (Lipinski definition) is 2. The molecular formula is C22H40IN7. The van der Waals surface area contributed by atoms with Gasteiger partial charge >= 0.3 is 0 Å². The molecule has 1 aromatic heterocycles. The van der Waals surface area contributed by atoms with Gasteiger partial charge < -0.3 is 15.5 Å². The lowest BCUT2D eigenvalue weighted by atomic mass is 9.86. The lowest BCUT2D eigenvalue weighted by molar-refractivity contribution is 0.254. The average Bonchev–Trinajstić information content (AvgIpc) is 2.79. The van der Waals surface area contributed by atoms with Crippen LogP contribution in [0.4, 0.5) is 5.95 Å². The molecule has 8 heteroatoms. The Bertz CT molecular complexity index is 584. The Labute approximate surface area is 199 Å². The first kappa shape index (κ1) is 25.1. The third-order valence-electron chi connectivity index (χ3n) is 6.18. The molecule has 0 bridgehead atoms. The van der Waals surface area contributed by atoms with Gasteiger partial charge in [0.15, 0.2) is 5.96 Å². The summed E-state index contributed by atoms with van der Waals surface area (Å²) in [6, 6.07) is 1.87. The van der Waals surface area contributed by atoms with Crippen molar-refractivity contribution >= 4 is 35.9 Å². The van der Waals surface area contributed by atoms with Gasteiger partial charge in [-0.3, -0.25) is 9.89 Å². The van der Waals surface area contributed by atoms with Crippen LogP contribution in [0.5, 0.6) is 0 Å². The Morgan fingerprint density at radius 3 is 2.33 bits per heavy atom. The molecular weight excluding hydrogens is 489 g/mol. The van der Waals surface area contributed by atoms with Gasteiger partial charge in [0.25, 0.3) is 0 Å². The van der Waals surface area contributed by atoms with Gasteiger partial charge in [-0.25, -0.2) is 9.97 Å². The highest BCUT2D eigenvalue weighted by Crippen LogP contribution is 2.26. The van der Waals surface area contributed by atoms with Crippen molar-refractivity contribution in [2.45, 2.75) is 51.4 Å². The fourth-order valence-electron chi connectivity index (χ4n) is 4.43. The molecule has 1 aliphatic heterocycles. The van der Waals surface area contributed by atoms with E-state index < -0.39 is 0 Å². The van der Waals surface area contributed by atoms with E-state index in [1.807, 2.05) is 25.5 Å². The Morgan fingerprint density at radius 2 is 1.67 bits per heavy atom. The Balaban J connectivity index is 0.00000320. The molecule has 2 aliphatic rings. The normalized spacial score (nSPS) is 18.7. The summed E-state index contributed by atoms with van der Waals surface area (Å²) < 4.78 is 0. The summed E-state index contributed by atoms with van der Waals surface area (Å²) in [5.74, 6) is 2.77. The molecule has 2 fully saturated rings. The van der Waals surface area contributed by atoms with Crippen LogP contribution in [0, 0.1) is 5.92 Å². The van der Waals surface area contributed by atoms with Crippen LogP contribution in [-0.4, -0.2) is 73.7 Å². The molecule has 1 saturated carbocycles. The van der Waals surface area contributed by atoms with Crippen LogP contribution in [0.2, 0.25) is 0 Å². The van der Waals surface area contributed by atoms with Gasteiger partial charge in [0.1, 0.15) is 0 Å². The van der Waals surface area contributed by atoms with Crippen molar-refractivity contribution in [3.63, 3.8) is 0 Å². The van der Waals surface area contributed by atoms with Crippen LogP contribution in [0.25, 0.3) is 0 Å². The predicted molar refractivity (Wildman–Crippen MR) is 136 cm³/mol. The van der Waals surface area contributed by atoms with E-state index in [0.717, 1.165) is 70.1 Å². The van der Waals surface area contributed by atoms with Crippen molar-refractivity contribution in [2.75, 3.05) is 57.8 Å². The second kappa shape index (κ2) is 14.8. The molecule has 0 aromatic carbocycles. The largest absolute Gasteiger partial charge is 0.356 e. The van der Waals surface area contributed by atoms with Gasteiger partial charge in [0.2, 0.25) is 5.95 Å². The Morgan fingerprint density at radius 1 is 1.00 bits per heavy atom. The molecule has 0 spiro atoms. The maximum atomic E-state index is 4.36. The Kier molecular flexibility index (Phi) is 12.4. The SMILES string of the molecule is CN=C(NCCCC1CCCCC1)NCCCN1CCN(c2ncccn2)CC1.I. The van der Waals surface area contributed by atoms with Crippen molar-refractivity contribution in [3.8, 4) is 0 Å². The lowest BCUT2D eigenvalue weighted by Gasteiger charge is -2.34. The summed E-state index contributed by atoms with van der Waals surface area (Å²) in [7, 11) is 1.86. The van der Waals surface area contributed by atoms with Gasteiger partial charge in [0, 0.05) is 58.7 Å². The highest BCUT2D eigenvalue weighted by atomic mass is 127. The minimum atomic E-state index is 0. The molecule has 2 N–H and O–H groups in total. The smallest absolute Gasteiger partial charge is 0.225 e. The molecule has 0 atom stereocenters. The second-order valence-electron chi connectivity index (χ2n) is 8.30. The van der Waals surface area contributed by atoms with Crippen molar-refractivity contribution in [1.82, 2.24) is 25.5 Å². The molecule has 3 rings (SSSR count). The summed E-state index contributed by atoms with van der Waals surface area (Å²) in [6.07, 6.45) is 14.6. The molecule has 0 unspecified atom stereocenters. The van der Waals surface area contributed by atoms with Crippen LogP contribution in [0.1, 0.15) is 51.4 Å². The zero-order valence-electron chi connectivity index (χ0n) is 18.6. The number of anilines is 1. The van der Waals surface area contributed by atoms with Crippen LogP contribution >= 0.6 is 24.0 Å². The fraction of sp³-hybridized carbons (Fsp3) is 0.773. The number of aromatic nitrogens is 2. The molecule has 7 nitrogen and oxygen atoms in total. The number of piperazine rings is 1. The third kappa shape index (κ3) is 8.91. The summed E-state index contributed by atoms with van der Waals surface area (Å²) in [4.78, 5) is 17.9. The van der Waals surface area contributed by atoms with Crippen molar-refractivity contribution < 1.29 is 0 Å². The monoisotopic (exact) mass is 529 g/mol. The highest BCUT2D eigenvalue weighted by Gasteiger charge is 2.18.